The summed E-state index contributed by atoms with van der Waals surface area (Å²) in [5.74, 6) is -0.478. The van der Waals surface area contributed by atoms with E-state index in [4.69, 9.17) is 0 Å². The predicted molar refractivity (Wildman–Crippen MR) is 83.3 cm³/mol. The summed E-state index contributed by atoms with van der Waals surface area (Å²) in [6, 6.07) is 4.60. The molecule has 0 unspecified atom stereocenters. The van der Waals surface area contributed by atoms with E-state index in [9.17, 15) is 9.18 Å². The zero-order chi connectivity index (χ0) is 15.2. The summed E-state index contributed by atoms with van der Waals surface area (Å²) >= 11 is 0. The summed E-state index contributed by atoms with van der Waals surface area (Å²) in [5.41, 5.74) is 0.371. The van der Waals surface area contributed by atoms with E-state index in [1.807, 2.05) is 0 Å². The molecule has 0 bridgehead atoms. The summed E-state index contributed by atoms with van der Waals surface area (Å²) in [6.07, 6.45) is 6.42. The lowest BCUT2D eigenvalue weighted by Gasteiger charge is -2.23. The maximum absolute atomic E-state index is 13.9. The molecule has 5 heteroatoms. The normalized spacial score (nSPS) is 20.6. The summed E-state index contributed by atoms with van der Waals surface area (Å²) in [7, 11) is 0. The van der Waals surface area contributed by atoms with Crippen molar-refractivity contribution in [2.45, 2.75) is 32.2 Å². The van der Waals surface area contributed by atoms with Crippen molar-refractivity contribution < 1.29 is 4.39 Å². The number of likely N-dealkylation sites (tertiary alicyclic amines) is 1. The van der Waals surface area contributed by atoms with Crippen LogP contribution in [0.1, 0.15) is 25.7 Å². The van der Waals surface area contributed by atoms with Gasteiger partial charge in [-0.25, -0.2) is 9.37 Å². The van der Waals surface area contributed by atoms with Crippen LogP contribution in [0.4, 0.5) is 4.39 Å². The molecule has 1 saturated heterocycles. The fourth-order valence-corrected chi connectivity index (χ4v) is 3.59. The Kier molecular flexibility index (Phi) is 3.26. The Morgan fingerprint density at radius 3 is 2.68 bits per heavy atom. The molecule has 4 nitrogen and oxygen atoms in total. The molecule has 0 radical (unpaired) electrons. The van der Waals surface area contributed by atoms with Crippen LogP contribution in [0.25, 0.3) is 10.9 Å². The van der Waals surface area contributed by atoms with Crippen molar-refractivity contribution in [3.05, 3.63) is 40.7 Å². The molecule has 0 spiro atoms. The molecule has 2 aromatic rings. The van der Waals surface area contributed by atoms with Crippen molar-refractivity contribution in [1.82, 2.24) is 14.5 Å². The van der Waals surface area contributed by atoms with Crippen molar-refractivity contribution in [1.29, 1.82) is 0 Å². The van der Waals surface area contributed by atoms with Gasteiger partial charge in [0.1, 0.15) is 11.2 Å². The molecule has 0 N–H and O–H groups in total. The average molecular weight is 301 g/mol. The van der Waals surface area contributed by atoms with Crippen LogP contribution in [0.5, 0.6) is 0 Å². The third kappa shape index (κ3) is 2.43. The van der Waals surface area contributed by atoms with E-state index in [1.165, 1.54) is 32.0 Å². The fourth-order valence-electron chi connectivity index (χ4n) is 3.59. The number of halogens is 1. The van der Waals surface area contributed by atoms with Crippen LogP contribution in [-0.4, -0.2) is 34.1 Å². The summed E-state index contributed by atoms with van der Waals surface area (Å²) < 4.78 is 15.5. The van der Waals surface area contributed by atoms with Gasteiger partial charge < -0.3 is 4.90 Å². The highest BCUT2D eigenvalue weighted by Gasteiger charge is 2.44. The molecule has 2 heterocycles. The van der Waals surface area contributed by atoms with Gasteiger partial charge in [-0.3, -0.25) is 9.36 Å². The van der Waals surface area contributed by atoms with E-state index in [2.05, 4.69) is 9.88 Å². The summed E-state index contributed by atoms with van der Waals surface area (Å²) in [4.78, 5) is 19.3. The zero-order valence-corrected chi connectivity index (χ0v) is 12.6. The van der Waals surface area contributed by atoms with Crippen LogP contribution >= 0.6 is 0 Å². The van der Waals surface area contributed by atoms with E-state index in [1.54, 1.807) is 23.0 Å². The maximum atomic E-state index is 13.9. The molecule has 22 heavy (non-hydrogen) atoms. The molecule has 0 atom stereocenters. The second kappa shape index (κ2) is 5.16. The van der Waals surface area contributed by atoms with Crippen molar-refractivity contribution >= 4 is 10.9 Å². The van der Waals surface area contributed by atoms with Gasteiger partial charge >= 0.3 is 0 Å². The Morgan fingerprint density at radius 2 is 1.95 bits per heavy atom. The third-order valence-corrected chi connectivity index (χ3v) is 5.02. The molecule has 0 amide bonds. The molecule has 1 saturated carbocycles. The second-order valence-corrected chi connectivity index (χ2v) is 6.79. The molecular weight excluding hydrogens is 281 g/mol. The molecule has 4 rings (SSSR count). The Labute approximate surface area is 128 Å². The quantitative estimate of drug-likeness (QED) is 0.870. The number of hydrogen-bond acceptors (Lipinski definition) is 3. The van der Waals surface area contributed by atoms with Crippen LogP contribution in [0.2, 0.25) is 0 Å². The summed E-state index contributed by atoms with van der Waals surface area (Å²) in [6.45, 7) is 4.04. The molecule has 2 aliphatic rings. The molecule has 1 aromatic carbocycles. The Morgan fingerprint density at radius 1 is 1.18 bits per heavy atom. The third-order valence-electron chi connectivity index (χ3n) is 5.02. The van der Waals surface area contributed by atoms with E-state index >= 15 is 0 Å². The first-order chi connectivity index (χ1) is 10.7. The second-order valence-electron chi connectivity index (χ2n) is 6.79. The number of rotatable bonds is 4. The van der Waals surface area contributed by atoms with Gasteiger partial charge in [0.25, 0.3) is 5.56 Å². The lowest BCUT2D eigenvalue weighted by molar-refractivity contribution is 0.242. The highest BCUT2D eigenvalue weighted by Crippen LogP contribution is 2.47. The van der Waals surface area contributed by atoms with E-state index in [0.29, 0.717) is 12.1 Å². The van der Waals surface area contributed by atoms with Gasteiger partial charge in [-0.05, 0) is 50.9 Å². The van der Waals surface area contributed by atoms with Crippen LogP contribution < -0.4 is 5.56 Å². The Balaban J connectivity index is 1.63. The lowest BCUT2D eigenvalue weighted by Crippen LogP contribution is -2.33. The van der Waals surface area contributed by atoms with E-state index in [-0.39, 0.29) is 16.4 Å². The van der Waals surface area contributed by atoms with Crippen molar-refractivity contribution in [3.63, 3.8) is 0 Å². The van der Waals surface area contributed by atoms with Crippen molar-refractivity contribution in [2.24, 2.45) is 5.41 Å². The monoisotopic (exact) mass is 301 g/mol. The molecule has 116 valence electrons. The first kappa shape index (κ1) is 13.9. The van der Waals surface area contributed by atoms with Gasteiger partial charge in [-0.2, -0.15) is 0 Å². The van der Waals surface area contributed by atoms with Gasteiger partial charge in [0.05, 0.1) is 11.8 Å². The average Bonchev–Trinajstić information content (AvgIpc) is 3.05. The number of nitrogens with zero attached hydrogens (tertiary/aromatic N) is 3. The van der Waals surface area contributed by atoms with Crippen molar-refractivity contribution in [3.8, 4) is 0 Å². The number of benzene rings is 1. The van der Waals surface area contributed by atoms with Crippen LogP contribution in [0.3, 0.4) is 0 Å². The van der Waals surface area contributed by atoms with Gasteiger partial charge in [0.2, 0.25) is 0 Å². The molecule has 1 aromatic heterocycles. The Hall–Kier alpha value is -1.75. The molecule has 1 aliphatic heterocycles. The standard InChI is InChI=1S/C17H20FN3O/c18-13-4-3-5-14-15(13)16(22)21(12-19-14)11-17(6-7-17)10-20-8-1-2-9-20/h3-5,12H,1-2,6-11H2. The minimum absolute atomic E-state index is 0.113. The molecular formula is C17H20FN3O. The van der Waals surface area contributed by atoms with Crippen LogP contribution in [0, 0.1) is 11.2 Å². The minimum Gasteiger partial charge on any atom is -0.303 e. The molecule has 1 aliphatic carbocycles. The highest BCUT2D eigenvalue weighted by atomic mass is 19.1. The lowest BCUT2D eigenvalue weighted by atomic mass is 10.1. The fraction of sp³-hybridized carbons (Fsp3) is 0.529. The summed E-state index contributed by atoms with van der Waals surface area (Å²) in [5, 5.41) is 0.113. The number of fused-ring (bicyclic) bond motifs is 1. The van der Waals surface area contributed by atoms with E-state index < -0.39 is 5.82 Å². The highest BCUT2D eigenvalue weighted by molar-refractivity contribution is 5.77. The van der Waals surface area contributed by atoms with E-state index in [0.717, 1.165) is 19.4 Å². The topological polar surface area (TPSA) is 38.1 Å². The zero-order valence-electron chi connectivity index (χ0n) is 12.6. The molecule has 2 fully saturated rings. The SMILES string of the molecule is O=c1c2c(F)cccc2ncn1CC1(CN2CCCC2)CC1. The smallest absolute Gasteiger partial charge is 0.264 e. The Bertz CT molecular complexity index is 760. The first-order valence-corrected chi connectivity index (χ1v) is 8.03. The predicted octanol–water partition coefficient (Wildman–Crippen LogP) is 2.41. The van der Waals surface area contributed by atoms with Gasteiger partial charge in [0.15, 0.2) is 0 Å². The van der Waals surface area contributed by atoms with Gasteiger partial charge in [-0.15, -0.1) is 0 Å². The largest absolute Gasteiger partial charge is 0.303 e. The van der Waals surface area contributed by atoms with Gasteiger partial charge in [-0.1, -0.05) is 6.07 Å². The maximum Gasteiger partial charge on any atom is 0.264 e. The first-order valence-electron chi connectivity index (χ1n) is 8.03. The van der Waals surface area contributed by atoms with Gasteiger partial charge in [0, 0.05) is 18.5 Å². The number of aromatic nitrogens is 2. The van der Waals surface area contributed by atoms with Crippen molar-refractivity contribution in [2.75, 3.05) is 19.6 Å². The van der Waals surface area contributed by atoms with Crippen LogP contribution in [0.15, 0.2) is 29.3 Å². The number of hydrogen-bond donors (Lipinski definition) is 0. The van der Waals surface area contributed by atoms with Crippen LogP contribution in [-0.2, 0) is 6.54 Å². The minimum atomic E-state index is -0.478.